The average molecular weight is 239 g/mol. The normalized spacial score (nSPS) is 10.8. The lowest BCUT2D eigenvalue weighted by Crippen LogP contribution is -2.29. The Hall–Kier alpha value is -1.40. The van der Waals surface area contributed by atoms with Crippen LogP contribution in [0.1, 0.15) is 25.1 Å². The number of nitrogens with zero attached hydrogens (tertiary/aromatic N) is 3. The predicted octanol–water partition coefficient (Wildman–Crippen LogP) is 0.0121. The molecule has 1 amide bonds. The van der Waals surface area contributed by atoms with E-state index in [1.54, 1.807) is 6.20 Å². The second kappa shape index (κ2) is 7.03. The van der Waals surface area contributed by atoms with Gasteiger partial charge in [-0.1, -0.05) is 0 Å². The predicted molar refractivity (Wildman–Crippen MR) is 65.7 cm³/mol. The van der Waals surface area contributed by atoms with Gasteiger partial charge in [-0.25, -0.2) is 10.8 Å². The fourth-order valence-electron chi connectivity index (χ4n) is 1.61. The van der Waals surface area contributed by atoms with E-state index in [-0.39, 0.29) is 5.91 Å². The van der Waals surface area contributed by atoms with Gasteiger partial charge in [0.2, 0.25) is 5.91 Å². The Labute approximate surface area is 102 Å². The van der Waals surface area contributed by atoms with Crippen LogP contribution in [-0.2, 0) is 18.4 Å². The molecule has 1 heterocycles. The Morgan fingerprint density at radius 2 is 2.35 bits per heavy atom. The Balaban J connectivity index is 2.15. The highest BCUT2D eigenvalue weighted by atomic mass is 16.2. The second-order valence-corrected chi connectivity index (χ2v) is 4.22. The van der Waals surface area contributed by atoms with Crippen molar-refractivity contribution in [1.82, 2.24) is 19.9 Å². The molecule has 0 aliphatic heterocycles. The van der Waals surface area contributed by atoms with Gasteiger partial charge < -0.3 is 4.57 Å². The molecule has 6 heteroatoms. The zero-order chi connectivity index (χ0) is 12.7. The largest absolute Gasteiger partial charge is 0.337 e. The van der Waals surface area contributed by atoms with E-state index in [0.29, 0.717) is 6.42 Å². The summed E-state index contributed by atoms with van der Waals surface area (Å²) >= 11 is 0. The van der Waals surface area contributed by atoms with Crippen LogP contribution in [0.25, 0.3) is 0 Å². The summed E-state index contributed by atoms with van der Waals surface area (Å²) in [6, 6.07) is 0. The fraction of sp³-hybridized carbons (Fsp3) is 0.636. The van der Waals surface area contributed by atoms with Crippen molar-refractivity contribution in [2.24, 2.45) is 12.9 Å². The van der Waals surface area contributed by atoms with Crippen LogP contribution in [0.15, 0.2) is 12.4 Å². The fourth-order valence-corrected chi connectivity index (χ4v) is 1.61. The SMILES string of the molecule is CN(CCCCC(=O)NN)Cc1nccn1C. The van der Waals surface area contributed by atoms with E-state index in [4.69, 9.17) is 5.84 Å². The Kier molecular flexibility index (Phi) is 5.65. The van der Waals surface area contributed by atoms with Crippen LogP contribution >= 0.6 is 0 Å². The summed E-state index contributed by atoms with van der Waals surface area (Å²) in [5, 5.41) is 0. The number of rotatable bonds is 7. The maximum absolute atomic E-state index is 10.9. The van der Waals surface area contributed by atoms with Crippen molar-refractivity contribution in [3.63, 3.8) is 0 Å². The third-order valence-electron chi connectivity index (χ3n) is 2.69. The number of unbranched alkanes of at least 4 members (excludes halogenated alkanes) is 1. The Morgan fingerprint density at radius 3 is 2.94 bits per heavy atom. The molecule has 0 aliphatic carbocycles. The molecule has 0 bridgehead atoms. The smallest absolute Gasteiger partial charge is 0.233 e. The summed E-state index contributed by atoms with van der Waals surface area (Å²) in [4.78, 5) is 17.4. The first-order valence-electron chi connectivity index (χ1n) is 5.77. The van der Waals surface area contributed by atoms with E-state index in [1.807, 2.05) is 17.8 Å². The van der Waals surface area contributed by atoms with Crippen LogP contribution in [-0.4, -0.2) is 34.0 Å². The number of carbonyl (C=O) groups excluding carboxylic acids is 1. The number of hydrogen-bond acceptors (Lipinski definition) is 4. The summed E-state index contributed by atoms with van der Waals surface area (Å²) in [5.74, 6) is 5.95. The molecule has 1 rings (SSSR count). The van der Waals surface area contributed by atoms with Gasteiger partial charge in [0.15, 0.2) is 0 Å². The molecule has 0 spiro atoms. The van der Waals surface area contributed by atoms with Crippen molar-refractivity contribution in [2.75, 3.05) is 13.6 Å². The third kappa shape index (κ3) is 4.97. The Morgan fingerprint density at radius 1 is 1.59 bits per heavy atom. The molecule has 0 fully saturated rings. The van der Waals surface area contributed by atoms with E-state index in [2.05, 4.69) is 22.4 Å². The number of aryl methyl sites for hydroxylation is 1. The molecule has 0 unspecified atom stereocenters. The topological polar surface area (TPSA) is 76.2 Å². The molecule has 0 aromatic carbocycles. The quantitative estimate of drug-likeness (QED) is 0.304. The van der Waals surface area contributed by atoms with Crippen molar-refractivity contribution in [2.45, 2.75) is 25.8 Å². The first kappa shape index (κ1) is 13.7. The molecule has 1 aromatic rings. The number of aromatic nitrogens is 2. The molecular weight excluding hydrogens is 218 g/mol. The molecule has 0 atom stereocenters. The molecule has 3 N–H and O–H groups in total. The van der Waals surface area contributed by atoms with Crippen LogP contribution in [0, 0.1) is 0 Å². The van der Waals surface area contributed by atoms with Gasteiger partial charge in [-0.2, -0.15) is 0 Å². The molecule has 0 aliphatic rings. The molecule has 1 aromatic heterocycles. The summed E-state index contributed by atoms with van der Waals surface area (Å²) < 4.78 is 2.01. The van der Waals surface area contributed by atoms with Crippen molar-refractivity contribution >= 4 is 5.91 Å². The minimum absolute atomic E-state index is 0.100. The van der Waals surface area contributed by atoms with Crippen molar-refractivity contribution in [3.05, 3.63) is 18.2 Å². The number of imidazole rings is 1. The maximum atomic E-state index is 10.9. The lowest BCUT2D eigenvalue weighted by Gasteiger charge is -2.15. The first-order valence-corrected chi connectivity index (χ1v) is 5.77. The number of hydrazine groups is 1. The number of carbonyl (C=O) groups is 1. The number of nitrogens with one attached hydrogen (secondary N) is 1. The number of amides is 1. The van der Waals surface area contributed by atoms with Crippen LogP contribution < -0.4 is 11.3 Å². The summed E-state index contributed by atoms with van der Waals surface area (Å²) in [5.41, 5.74) is 2.13. The Bertz CT molecular complexity index is 349. The monoisotopic (exact) mass is 239 g/mol. The van der Waals surface area contributed by atoms with E-state index in [9.17, 15) is 4.79 Å². The highest BCUT2D eigenvalue weighted by molar-refractivity contribution is 5.75. The van der Waals surface area contributed by atoms with E-state index in [0.717, 1.165) is 31.8 Å². The lowest BCUT2D eigenvalue weighted by molar-refractivity contribution is -0.121. The average Bonchev–Trinajstić information content (AvgIpc) is 2.70. The molecule has 6 nitrogen and oxygen atoms in total. The summed E-state index contributed by atoms with van der Waals surface area (Å²) in [7, 11) is 4.04. The van der Waals surface area contributed by atoms with Crippen LogP contribution in [0.5, 0.6) is 0 Å². The first-order chi connectivity index (χ1) is 8.13. The summed E-state index contributed by atoms with van der Waals surface area (Å²) in [6.07, 6.45) is 6.07. The zero-order valence-electron chi connectivity index (χ0n) is 10.5. The van der Waals surface area contributed by atoms with Crippen LogP contribution in [0.3, 0.4) is 0 Å². The number of hydrogen-bond donors (Lipinski definition) is 2. The van der Waals surface area contributed by atoms with E-state index >= 15 is 0 Å². The van der Waals surface area contributed by atoms with Gasteiger partial charge in [-0.15, -0.1) is 0 Å². The third-order valence-corrected chi connectivity index (χ3v) is 2.69. The van der Waals surface area contributed by atoms with Gasteiger partial charge >= 0.3 is 0 Å². The lowest BCUT2D eigenvalue weighted by atomic mass is 10.2. The van der Waals surface area contributed by atoms with Crippen molar-refractivity contribution in [3.8, 4) is 0 Å². The number of nitrogens with two attached hydrogens (primary N) is 1. The van der Waals surface area contributed by atoms with Gasteiger partial charge in [0.25, 0.3) is 0 Å². The molecule has 17 heavy (non-hydrogen) atoms. The van der Waals surface area contributed by atoms with Crippen LogP contribution in [0.4, 0.5) is 0 Å². The van der Waals surface area contributed by atoms with Gasteiger partial charge in [0.1, 0.15) is 5.82 Å². The standard InChI is InChI=1S/C11H21N5O/c1-15(7-4-3-5-11(17)14-12)9-10-13-6-8-16(10)2/h6,8H,3-5,7,9,12H2,1-2H3,(H,14,17). The van der Waals surface area contributed by atoms with Crippen molar-refractivity contribution < 1.29 is 4.79 Å². The highest BCUT2D eigenvalue weighted by Crippen LogP contribution is 2.02. The van der Waals surface area contributed by atoms with E-state index < -0.39 is 0 Å². The molecule has 96 valence electrons. The minimum atomic E-state index is -0.100. The van der Waals surface area contributed by atoms with Gasteiger partial charge in [0, 0.05) is 25.9 Å². The van der Waals surface area contributed by atoms with Gasteiger partial charge in [-0.05, 0) is 26.4 Å². The maximum Gasteiger partial charge on any atom is 0.233 e. The minimum Gasteiger partial charge on any atom is -0.337 e. The molecule has 0 radical (unpaired) electrons. The molecular formula is C11H21N5O. The molecule has 0 saturated carbocycles. The molecule has 0 saturated heterocycles. The highest BCUT2D eigenvalue weighted by Gasteiger charge is 2.04. The summed E-state index contributed by atoms with van der Waals surface area (Å²) in [6.45, 7) is 1.78. The zero-order valence-corrected chi connectivity index (χ0v) is 10.5. The van der Waals surface area contributed by atoms with E-state index in [1.165, 1.54) is 0 Å². The van der Waals surface area contributed by atoms with Crippen molar-refractivity contribution in [1.29, 1.82) is 0 Å². The second-order valence-electron chi connectivity index (χ2n) is 4.22. The van der Waals surface area contributed by atoms with Crippen LogP contribution in [0.2, 0.25) is 0 Å². The van der Waals surface area contributed by atoms with Gasteiger partial charge in [-0.3, -0.25) is 15.1 Å². The van der Waals surface area contributed by atoms with Gasteiger partial charge in [0.05, 0.1) is 6.54 Å².